The molecule has 8 heteroatoms. The summed E-state index contributed by atoms with van der Waals surface area (Å²) in [5, 5.41) is 14.8. The molecule has 0 fully saturated rings. The maximum Gasteiger partial charge on any atom is 0.338 e. The number of nitrogens with zero attached hydrogens (tertiary/aromatic N) is 2. The first-order valence-corrected chi connectivity index (χ1v) is 10.2. The molecular formula is C22H18N4O3S. The van der Waals surface area contributed by atoms with E-state index < -0.39 is 5.97 Å². The summed E-state index contributed by atoms with van der Waals surface area (Å²) in [5.74, 6) is -0.710. The van der Waals surface area contributed by atoms with Crippen LogP contribution in [0.4, 0.5) is 5.69 Å². The molecule has 4 aromatic rings. The standard InChI is InChI=1S/C22H18N4O3S/c1-2-17-25-20(19-16(22(28)29)12-23-21(19)26-17)13-5-3-6-14(11-13)24-18(27)9-8-15-7-4-10-30-15/h3-12H,2H2,1H3,(H,24,27)(H,28,29)(H,23,25,26)/b9-8+. The van der Waals surface area contributed by atoms with Crippen LogP contribution in [0.2, 0.25) is 0 Å². The first-order valence-electron chi connectivity index (χ1n) is 9.29. The van der Waals surface area contributed by atoms with Crippen LogP contribution in [-0.4, -0.2) is 31.9 Å². The average molecular weight is 418 g/mol. The summed E-state index contributed by atoms with van der Waals surface area (Å²) in [4.78, 5) is 36.8. The third kappa shape index (κ3) is 3.99. The van der Waals surface area contributed by atoms with E-state index in [2.05, 4.69) is 20.3 Å². The lowest BCUT2D eigenvalue weighted by Crippen LogP contribution is -2.07. The number of aryl methyl sites for hydroxylation is 1. The number of hydrogen-bond donors (Lipinski definition) is 3. The van der Waals surface area contributed by atoms with Crippen LogP contribution in [0.1, 0.15) is 28.0 Å². The van der Waals surface area contributed by atoms with Gasteiger partial charge in [0.2, 0.25) is 5.91 Å². The van der Waals surface area contributed by atoms with E-state index in [4.69, 9.17) is 0 Å². The number of anilines is 1. The van der Waals surface area contributed by atoms with Crippen LogP contribution in [0, 0.1) is 0 Å². The Labute approximate surface area is 176 Å². The number of aromatic nitrogens is 3. The molecule has 0 radical (unpaired) electrons. The van der Waals surface area contributed by atoms with Crippen LogP contribution in [0.15, 0.2) is 54.1 Å². The average Bonchev–Trinajstić information content (AvgIpc) is 3.41. The van der Waals surface area contributed by atoms with Gasteiger partial charge in [0.05, 0.1) is 16.6 Å². The van der Waals surface area contributed by atoms with E-state index >= 15 is 0 Å². The maximum atomic E-state index is 12.3. The molecule has 0 aliphatic heterocycles. The smallest absolute Gasteiger partial charge is 0.338 e. The molecule has 1 aromatic carbocycles. The van der Waals surface area contributed by atoms with E-state index in [1.807, 2.05) is 30.5 Å². The van der Waals surface area contributed by atoms with Gasteiger partial charge >= 0.3 is 5.97 Å². The highest BCUT2D eigenvalue weighted by Crippen LogP contribution is 2.30. The van der Waals surface area contributed by atoms with E-state index in [0.29, 0.717) is 40.2 Å². The van der Waals surface area contributed by atoms with Gasteiger partial charge < -0.3 is 15.4 Å². The molecule has 3 N–H and O–H groups in total. The van der Waals surface area contributed by atoms with E-state index in [0.717, 1.165) is 4.88 Å². The van der Waals surface area contributed by atoms with Crippen LogP contribution < -0.4 is 5.32 Å². The topological polar surface area (TPSA) is 108 Å². The van der Waals surface area contributed by atoms with E-state index in [9.17, 15) is 14.7 Å². The molecule has 0 atom stereocenters. The van der Waals surface area contributed by atoms with Crippen LogP contribution in [0.3, 0.4) is 0 Å². The number of carbonyl (C=O) groups excluding carboxylic acids is 1. The van der Waals surface area contributed by atoms with Crippen LogP contribution in [-0.2, 0) is 11.2 Å². The second kappa shape index (κ2) is 8.30. The van der Waals surface area contributed by atoms with Crippen LogP contribution in [0.25, 0.3) is 28.4 Å². The summed E-state index contributed by atoms with van der Waals surface area (Å²) in [6.45, 7) is 1.93. The minimum Gasteiger partial charge on any atom is -0.478 e. The van der Waals surface area contributed by atoms with E-state index in [-0.39, 0.29) is 11.5 Å². The Hall–Kier alpha value is -3.78. The predicted molar refractivity (Wildman–Crippen MR) is 118 cm³/mol. The Bertz CT molecular complexity index is 1260. The minimum absolute atomic E-state index is 0.107. The Balaban J connectivity index is 1.70. The van der Waals surface area contributed by atoms with Crippen molar-refractivity contribution in [1.29, 1.82) is 0 Å². The monoisotopic (exact) mass is 418 g/mol. The lowest BCUT2D eigenvalue weighted by atomic mass is 10.1. The number of thiophene rings is 1. The Morgan fingerprint density at radius 2 is 2.10 bits per heavy atom. The first kappa shape index (κ1) is 19.5. The number of carboxylic acids is 1. The molecule has 1 amide bonds. The van der Waals surface area contributed by atoms with Crippen molar-refractivity contribution in [3.05, 3.63) is 70.3 Å². The molecule has 150 valence electrons. The lowest BCUT2D eigenvalue weighted by molar-refractivity contribution is -0.111. The van der Waals surface area contributed by atoms with Gasteiger partial charge in [-0.15, -0.1) is 11.3 Å². The number of aromatic amines is 1. The second-order valence-corrected chi connectivity index (χ2v) is 7.47. The molecule has 4 rings (SSSR count). The Morgan fingerprint density at radius 3 is 2.83 bits per heavy atom. The van der Waals surface area contributed by atoms with Crippen molar-refractivity contribution in [2.45, 2.75) is 13.3 Å². The number of rotatable bonds is 6. The molecule has 0 saturated carbocycles. The fourth-order valence-electron chi connectivity index (χ4n) is 3.09. The molecule has 3 heterocycles. The quantitative estimate of drug-likeness (QED) is 0.397. The molecule has 0 aliphatic carbocycles. The summed E-state index contributed by atoms with van der Waals surface area (Å²) in [6.07, 6.45) is 5.26. The van der Waals surface area contributed by atoms with Gasteiger partial charge in [-0.1, -0.05) is 25.1 Å². The zero-order valence-corrected chi connectivity index (χ0v) is 16.9. The van der Waals surface area contributed by atoms with Crippen molar-refractivity contribution in [3.8, 4) is 11.3 Å². The molecule has 0 bridgehead atoms. The number of carboxylic acid groups (broad SMARTS) is 1. The van der Waals surface area contributed by atoms with Gasteiger partial charge in [-0.25, -0.2) is 14.8 Å². The summed E-state index contributed by atoms with van der Waals surface area (Å²) >= 11 is 1.55. The SMILES string of the molecule is CCc1nc(-c2cccc(NC(=O)/C=C/c3cccs3)c2)c2c(C(=O)O)c[nH]c2n1. The van der Waals surface area contributed by atoms with Crippen LogP contribution in [0.5, 0.6) is 0 Å². The number of benzene rings is 1. The zero-order valence-electron chi connectivity index (χ0n) is 16.0. The molecule has 30 heavy (non-hydrogen) atoms. The van der Waals surface area contributed by atoms with Crippen molar-refractivity contribution in [2.24, 2.45) is 0 Å². The predicted octanol–water partition coefficient (Wildman–Crippen LogP) is 4.60. The molecule has 7 nitrogen and oxygen atoms in total. The highest BCUT2D eigenvalue weighted by atomic mass is 32.1. The summed E-state index contributed by atoms with van der Waals surface area (Å²) in [6, 6.07) is 11.0. The van der Waals surface area contributed by atoms with Gasteiger partial charge in [-0.05, 0) is 29.7 Å². The third-order valence-corrected chi connectivity index (χ3v) is 5.31. The van der Waals surface area contributed by atoms with E-state index in [1.165, 1.54) is 12.3 Å². The number of amides is 1. The minimum atomic E-state index is -1.06. The molecule has 0 saturated heterocycles. The Morgan fingerprint density at radius 1 is 1.23 bits per heavy atom. The third-order valence-electron chi connectivity index (χ3n) is 4.47. The van der Waals surface area contributed by atoms with Crippen LogP contribution >= 0.6 is 11.3 Å². The van der Waals surface area contributed by atoms with Gasteiger partial charge in [0.1, 0.15) is 11.5 Å². The number of nitrogens with one attached hydrogen (secondary N) is 2. The summed E-state index contributed by atoms with van der Waals surface area (Å²) < 4.78 is 0. The summed E-state index contributed by atoms with van der Waals surface area (Å²) in [7, 11) is 0. The lowest BCUT2D eigenvalue weighted by Gasteiger charge is -2.09. The largest absolute Gasteiger partial charge is 0.478 e. The van der Waals surface area contributed by atoms with Crippen molar-refractivity contribution in [3.63, 3.8) is 0 Å². The molecule has 3 aromatic heterocycles. The number of hydrogen-bond acceptors (Lipinski definition) is 5. The van der Waals surface area contributed by atoms with Gasteiger partial charge in [-0.2, -0.15) is 0 Å². The zero-order chi connectivity index (χ0) is 21.1. The van der Waals surface area contributed by atoms with Crippen molar-refractivity contribution < 1.29 is 14.7 Å². The molecule has 0 spiro atoms. The van der Waals surface area contributed by atoms with Gasteiger partial charge in [-0.3, -0.25) is 4.79 Å². The molecule has 0 unspecified atom stereocenters. The van der Waals surface area contributed by atoms with Crippen molar-refractivity contribution in [2.75, 3.05) is 5.32 Å². The number of carbonyl (C=O) groups is 2. The highest BCUT2D eigenvalue weighted by molar-refractivity contribution is 7.10. The maximum absolute atomic E-state index is 12.3. The Kier molecular flexibility index (Phi) is 5.40. The van der Waals surface area contributed by atoms with Crippen molar-refractivity contribution >= 4 is 46.0 Å². The fraction of sp³-hybridized carbons (Fsp3) is 0.0909. The van der Waals surface area contributed by atoms with Crippen molar-refractivity contribution in [1.82, 2.24) is 15.0 Å². The van der Waals surface area contributed by atoms with Gasteiger partial charge in [0, 0.05) is 34.8 Å². The first-order chi connectivity index (χ1) is 14.5. The number of aromatic carboxylic acids is 1. The number of fused-ring (bicyclic) bond motifs is 1. The highest BCUT2D eigenvalue weighted by Gasteiger charge is 2.19. The molecular weight excluding hydrogens is 400 g/mol. The number of H-pyrrole nitrogens is 1. The van der Waals surface area contributed by atoms with Gasteiger partial charge in [0.25, 0.3) is 0 Å². The second-order valence-electron chi connectivity index (χ2n) is 6.49. The van der Waals surface area contributed by atoms with Gasteiger partial charge in [0.15, 0.2) is 0 Å². The summed E-state index contributed by atoms with van der Waals surface area (Å²) in [5.41, 5.74) is 2.38. The van der Waals surface area contributed by atoms with E-state index in [1.54, 1.807) is 35.6 Å². The molecule has 0 aliphatic rings. The normalized spacial score (nSPS) is 11.2. The fourth-order valence-corrected chi connectivity index (χ4v) is 3.71.